The number of carboxylic acid groups (broad SMARTS) is 1. The van der Waals surface area contributed by atoms with Crippen molar-refractivity contribution >= 4 is 12.0 Å². The van der Waals surface area contributed by atoms with Crippen LogP contribution in [0.25, 0.3) is 0 Å². The van der Waals surface area contributed by atoms with Gasteiger partial charge in [-0.2, -0.15) is 0 Å². The number of hydrogen-bond acceptors (Lipinski definition) is 2. The largest absolute Gasteiger partial charge is 0.480 e. The van der Waals surface area contributed by atoms with E-state index in [4.69, 9.17) is 5.11 Å². The number of nitrogens with one attached hydrogen (secondary N) is 2. The summed E-state index contributed by atoms with van der Waals surface area (Å²) in [5, 5.41) is 13.8. The molecule has 2 atom stereocenters. The first-order valence-electron chi connectivity index (χ1n) is 5.19. The second-order valence-electron chi connectivity index (χ2n) is 3.46. The maximum Gasteiger partial charge on any atom is 0.326 e. The summed E-state index contributed by atoms with van der Waals surface area (Å²) >= 11 is 0. The quantitative estimate of drug-likeness (QED) is 0.607. The zero-order chi connectivity index (χ0) is 12.6. The first-order chi connectivity index (χ1) is 7.52. The summed E-state index contributed by atoms with van der Waals surface area (Å²) in [6, 6.07) is -1.37. The summed E-state index contributed by atoms with van der Waals surface area (Å²) in [6.45, 7) is 5.54. The Labute approximate surface area is 95.6 Å². The molecule has 5 heteroatoms. The van der Waals surface area contributed by atoms with Crippen molar-refractivity contribution in [3.8, 4) is 11.8 Å². The van der Waals surface area contributed by atoms with Gasteiger partial charge in [-0.3, -0.25) is 0 Å². The van der Waals surface area contributed by atoms with E-state index in [0.29, 0.717) is 6.42 Å². The molecule has 0 aromatic heterocycles. The van der Waals surface area contributed by atoms with Gasteiger partial charge in [-0.1, -0.05) is 26.2 Å². The van der Waals surface area contributed by atoms with Crippen molar-refractivity contribution in [1.82, 2.24) is 10.6 Å². The number of carbonyl (C=O) groups is 2. The van der Waals surface area contributed by atoms with E-state index in [-0.39, 0.29) is 12.5 Å². The normalized spacial score (nSPS) is 12.9. The van der Waals surface area contributed by atoms with Crippen LogP contribution in [0.15, 0.2) is 0 Å². The van der Waals surface area contributed by atoms with Gasteiger partial charge in [0.1, 0.15) is 6.04 Å². The fourth-order valence-electron chi connectivity index (χ4n) is 1.09. The molecule has 2 unspecified atom stereocenters. The molecule has 0 bridgehead atoms. The minimum atomic E-state index is -1.02. The van der Waals surface area contributed by atoms with Gasteiger partial charge in [-0.25, -0.2) is 9.59 Å². The first kappa shape index (κ1) is 14.3. The van der Waals surface area contributed by atoms with Crippen molar-refractivity contribution in [2.75, 3.05) is 6.54 Å². The van der Waals surface area contributed by atoms with Crippen molar-refractivity contribution in [3.05, 3.63) is 0 Å². The average Bonchev–Trinajstić information content (AvgIpc) is 2.25. The Kier molecular flexibility index (Phi) is 6.77. The fourth-order valence-corrected chi connectivity index (χ4v) is 1.09. The molecule has 2 amide bonds. The van der Waals surface area contributed by atoms with Gasteiger partial charge in [0.25, 0.3) is 0 Å². The summed E-state index contributed by atoms with van der Waals surface area (Å²) < 4.78 is 0. The predicted molar refractivity (Wildman–Crippen MR) is 60.9 cm³/mol. The van der Waals surface area contributed by atoms with Crippen molar-refractivity contribution in [2.45, 2.75) is 33.2 Å². The van der Waals surface area contributed by atoms with Gasteiger partial charge in [-0.05, 0) is 12.8 Å². The maximum atomic E-state index is 11.3. The van der Waals surface area contributed by atoms with E-state index >= 15 is 0 Å². The van der Waals surface area contributed by atoms with Gasteiger partial charge in [0, 0.05) is 0 Å². The lowest BCUT2D eigenvalue weighted by Gasteiger charge is -2.19. The van der Waals surface area contributed by atoms with Crippen LogP contribution in [0, 0.1) is 17.8 Å². The van der Waals surface area contributed by atoms with Gasteiger partial charge in [0.05, 0.1) is 6.54 Å². The molecule has 0 aromatic carbocycles. The van der Waals surface area contributed by atoms with E-state index in [9.17, 15) is 9.59 Å². The smallest absolute Gasteiger partial charge is 0.326 e. The van der Waals surface area contributed by atoms with Crippen LogP contribution in [-0.4, -0.2) is 29.7 Å². The molecular weight excluding hydrogens is 208 g/mol. The monoisotopic (exact) mass is 226 g/mol. The summed E-state index contributed by atoms with van der Waals surface area (Å²) in [7, 11) is 0. The van der Waals surface area contributed by atoms with Crippen LogP contribution in [0.5, 0.6) is 0 Å². The molecule has 0 saturated carbocycles. The highest BCUT2D eigenvalue weighted by atomic mass is 16.4. The van der Waals surface area contributed by atoms with E-state index in [1.54, 1.807) is 13.8 Å². The molecule has 3 N–H and O–H groups in total. The van der Waals surface area contributed by atoms with Crippen LogP contribution in [0.2, 0.25) is 0 Å². The second kappa shape index (κ2) is 7.57. The van der Waals surface area contributed by atoms with Crippen LogP contribution < -0.4 is 10.6 Å². The molecule has 0 aliphatic carbocycles. The molecule has 0 aromatic rings. The molecule has 90 valence electrons. The van der Waals surface area contributed by atoms with E-state index < -0.39 is 18.0 Å². The number of carbonyl (C=O) groups excluding carboxylic acids is 1. The van der Waals surface area contributed by atoms with Crippen molar-refractivity contribution in [1.29, 1.82) is 0 Å². The lowest BCUT2D eigenvalue weighted by molar-refractivity contribution is -0.140. The van der Waals surface area contributed by atoms with E-state index in [1.807, 2.05) is 6.92 Å². The Morgan fingerprint density at radius 2 is 2.06 bits per heavy atom. The molecule has 0 rings (SSSR count). The third kappa shape index (κ3) is 5.25. The van der Waals surface area contributed by atoms with Gasteiger partial charge >= 0.3 is 12.0 Å². The minimum Gasteiger partial charge on any atom is -0.480 e. The van der Waals surface area contributed by atoms with Crippen molar-refractivity contribution < 1.29 is 14.7 Å². The van der Waals surface area contributed by atoms with E-state index in [2.05, 4.69) is 22.5 Å². The zero-order valence-electron chi connectivity index (χ0n) is 9.83. The number of hydrogen-bond donors (Lipinski definition) is 3. The SMILES string of the molecule is CC#CCNC(=O)NC(C(=O)O)C(C)CC. The Balaban J connectivity index is 4.22. The van der Waals surface area contributed by atoms with Gasteiger partial charge < -0.3 is 15.7 Å². The first-order valence-corrected chi connectivity index (χ1v) is 5.19. The lowest BCUT2D eigenvalue weighted by Crippen LogP contribution is -2.49. The Bertz CT molecular complexity index is 304. The molecule has 0 saturated heterocycles. The summed E-state index contributed by atoms with van der Waals surface area (Å²) in [4.78, 5) is 22.2. The highest BCUT2D eigenvalue weighted by Gasteiger charge is 2.24. The number of urea groups is 1. The molecular formula is C11H18N2O3. The van der Waals surface area contributed by atoms with Crippen LogP contribution >= 0.6 is 0 Å². The number of amides is 2. The van der Waals surface area contributed by atoms with E-state index in [0.717, 1.165) is 0 Å². The molecule has 0 spiro atoms. The maximum absolute atomic E-state index is 11.3. The topological polar surface area (TPSA) is 78.4 Å². The third-order valence-electron chi connectivity index (χ3n) is 2.28. The van der Waals surface area contributed by atoms with Crippen molar-refractivity contribution in [3.63, 3.8) is 0 Å². The van der Waals surface area contributed by atoms with Crippen LogP contribution in [0.4, 0.5) is 4.79 Å². The Morgan fingerprint density at radius 1 is 1.44 bits per heavy atom. The molecule has 0 heterocycles. The van der Waals surface area contributed by atoms with Gasteiger partial charge in [0.15, 0.2) is 0 Å². The summed E-state index contributed by atoms with van der Waals surface area (Å²) in [5.41, 5.74) is 0. The number of carboxylic acids is 1. The molecule has 5 nitrogen and oxygen atoms in total. The van der Waals surface area contributed by atoms with Gasteiger partial charge in [-0.15, -0.1) is 5.92 Å². The van der Waals surface area contributed by atoms with Crippen LogP contribution in [0.1, 0.15) is 27.2 Å². The number of aliphatic carboxylic acids is 1. The molecule has 0 fully saturated rings. The lowest BCUT2D eigenvalue weighted by atomic mass is 9.99. The highest BCUT2D eigenvalue weighted by molar-refractivity contribution is 5.82. The Hall–Kier alpha value is -1.70. The molecule has 16 heavy (non-hydrogen) atoms. The van der Waals surface area contributed by atoms with Crippen LogP contribution in [-0.2, 0) is 4.79 Å². The Morgan fingerprint density at radius 3 is 2.50 bits per heavy atom. The summed E-state index contributed by atoms with van der Waals surface area (Å²) in [6.07, 6.45) is 0.687. The average molecular weight is 226 g/mol. The summed E-state index contributed by atoms with van der Waals surface area (Å²) in [5.74, 6) is 4.15. The standard InChI is InChI=1S/C11H18N2O3/c1-4-6-7-12-11(16)13-9(10(14)15)8(3)5-2/h8-9H,5,7H2,1-3H3,(H,14,15)(H2,12,13,16). The highest BCUT2D eigenvalue weighted by Crippen LogP contribution is 2.07. The minimum absolute atomic E-state index is 0.111. The predicted octanol–water partition coefficient (Wildman–Crippen LogP) is 0.808. The van der Waals surface area contributed by atoms with Crippen LogP contribution in [0.3, 0.4) is 0 Å². The third-order valence-corrected chi connectivity index (χ3v) is 2.28. The zero-order valence-corrected chi connectivity index (χ0v) is 9.83. The second-order valence-corrected chi connectivity index (χ2v) is 3.46. The molecule has 0 aliphatic heterocycles. The molecule has 0 aliphatic rings. The van der Waals surface area contributed by atoms with E-state index in [1.165, 1.54) is 0 Å². The van der Waals surface area contributed by atoms with Crippen molar-refractivity contribution in [2.24, 2.45) is 5.92 Å². The van der Waals surface area contributed by atoms with Gasteiger partial charge in [0.2, 0.25) is 0 Å². The molecule has 0 radical (unpaired) electrons. The fraction of sp³-hybridized carbons (Fsp3) is 0.636. The number of rotatable bonds is 5.